The van der Waals surface area contributed by atoms with Crippen LogP contribution in [0.4, 0.5) is 0 Å². The Morgan fingerprint density at radius 3 is 2.36 bits per heavy atom. The number of nitrogens with zero attached hydrogens (tertiary/aromatic N) is 2. The van der Waals surface area contributed by atoms with Gasteiger partial charge >= 0.3 is 0 Å². The summed E-state index contributed by atoms with van der Waals surface area (Å²) in [4.78, 5) is 0. The van der Waals surface area contributed by atoms with Gasteiger partial charge in [0, 0.05) is 11.5 Å². The van der Waals surface area contributed by atoms with Crippen molar-refractivity contribution >= 4 is 42.4 Å². The maximum absolute atomic E-state index is 5.15. The van der Waals surface area contributed by atoms with E-state index in [0.717, 1.165) is 28.3 Å². The predicted octanol–water partition coefficient (Wildman–Crippen LogP) is 4.96. The summed E-state index contributed by atoms with van der Waals surface area (Å²) < 4.78 is 9.86. The van der Waals surface area contributed by atoms with Crippen LogP contribution in [-0.2, 0) is 11.5 Å². The first-order valence-electron chi connectivity index (χ1n) is 6.60. The Morgan fingerprint density at radius 2 is 1.59 bits per heavy atom. The number of methoxy groups -OCH3 is 1. The molecular formula is C15H14N2O2S3. The van der Waals surface area contributed by atoms with E-state index < -0.39 is 0 Å². The molecule has 3 rings (SSSR count). The normalized spacial score (nSPS) is 11.0. The van der Waals surface area contributed by atoms with Crippen molar-refractivity contribution in [2.24, 2.45) is 0 Å². The van der Waals surface area contributed by atoms with Gasteiger partial charge in [0.25, 0.3) is 0 Å². The van der Waals surface area contributed by atoms with E-state index >= 15 is 0 Å². The summed E-state index contributed by atoms with van der Waals surface area (Å²) in [6.45, 7) is 0. The van der Waals surface area contributed by atoms with Crippen LogP contribution < -0.4 is 4.74 Å². The first kappa shape index (κ1) is 15.6. The lowest BCUT2D eigenvalue weighted by atomic mass is 10.2. The van der Waals surface area contributed by atoms with Gasteiger partial charge in [-0.05, 0) is 55.5 Å². The van der Waals surface area contributed by atoms with Crippen LogP contribution in [0.5, 0.6) is 5.75 Å². The molecule has 0 fully saturated rings. The van der Waals surface area contributed by atoms with Gasteiger partial charge in [-0.15, -0.1) is 0 Å². The monoisotopic (exact) mass is 350 g/mol. The fraction of sp³-hybridized carbons (Fsp3) is 0.200. The lowest BCUT2D eigenvalue weighted by molar-refractivity contribution is 0.315. The van der Waals surface area contributed by atoms with Crippen molar-refractivity contribution in [3.63, 3.8) is 0 Å². The van der Waals surface area contributed by atoms with E-state index in [-0.39, 0.29) is 0 Å². The fourth-order valence-electron chi connectivity index (χ4n) is 1.86. The Morgan fingerprint density at radius 1 is 0.909 bits per heavy atom. The average Bonchev–Trinajstić information content (AvgIpc) is 3.03. The van der Waals surface area contributed by atoms with Crippen LogP contribution in [0.3, 0.4) is 0 Å². The van der Waals surface area contributed by atoms with Crippen molar-refractivity contribution in [3.05, 3.63) is 53.6 Å². The minimum absolute atomic E-state index is 0.801. The molecule has 3 aromatic rings. The minimum Gasteiger partial charge on any atom is -0.497 e. The molecule has 0 bridgehead atoms. The second-order valence-corrected chi connectivity index (χ2v) is 8.76. The zero-order chi connectivity index (χ0) is 15.2. The summed E-state index contributed by atoms with van der Waals surface area (Å²) in [5, 5.41) is 7.66. The molecule has 0 unspecified atom stereocenters. The molecule has 22 heavy (non-hydrogen) atoms. The largest absolute Gasteiger partial charge is 0.497 e. The highest BCUT2D eigenvalue weighted by Crippen LogP contribution is 2.39. The molecule has 0 saturated carbocycles. The number of ether oxygens (including phenoxy) is 1. The Hall–Kier alpha value is -1.31. The van der Waals surface area contributed by atoms with Crippen LogP contribution in [-0.4, -0.2) is 17.4 Å². The molecule has 0 aliphatic carbocycles. The Bertz CT molecular complexity index is 731. The van der Waals surface area contributed by atoms with E-state index in [1.54, 1.807) is 16.9 Å². The highest BCUT2D eigenvalue weighted by Gasteiger charge is 2.02. The van der Waals surface area contributed by atoms with Crippen LogP contribution in [0.15, 0.2) is 47.1 Å². The molecular weight excluding hydrogens is 336 g/mol. The van der Waals surface area contributed by atoms with Gasteiger partial charge in [-0.25, -0.2) is 4.63 Å². The van der Waals surface area contributed by atoms with Gasteiger partial charge in [0.15, 0.2) is 0 Å². The van der Waals surface area contributed by atoms with E-state index in [4.69, 9.17) is 9.37 Å². The van der Waals surface area contributed by atoms with Crippen LogP contribution in [0, 0.1) is 0 Å². The van der Waals surface area contributed by atoms with E-state index in [1.165, 1.54) is 11.1 Å². The Kier molecular flexibility index (Phi) is 5.53. The summed E-state index contributed by atoms with van der Waals surface area (Å²) in [7, 11) is 7.14. The van der Waals surface area contributed by atoms with Crippen molar-refractivity contribution in [1.29, 1.82) is 0 Å². The smallest absolute Gasteiger partial charge is 0.135 e. The molecule has 1 aromatic heterocycles. The molecule has 0 aliphatic rings. The van der Waals surface area contributed by atoms with E-state index in [0.29, 0.717) is 0 Å². The molecule has 114 valence electrons. The number of benzene rings is 2. The number of aromatic nitrogens is 2. The van der Waals surface area contributed by atoms with Crippen LogP contribution in [0.25, 0.3) is 11.0 Å². The molecule has 0 atom stereocenters. The van der Waals surface area contributed by atoms with Gasteiger partial charge in [0.1, 0.15) is 16.8 Å². The second-order valence-electron chi connectivity index (χ2n) is 4.53. The Balaban J connectivity index is 1.41. The lowest BCUT2D eigenvalue weighted by Gasteiger charge is -2.03. The first-order chi connectivity index (χ1) is 10.8. The third-order valence-corrected chi connectivity index (χ3v) is 7.14. The molecule has 7 heteroatoms. The summed E-state index contributed by atoms with van der Waals surface area (Å²) in [6.07, 6.45) is 0. The number of rotatable bonds is 7. The molecule has 1 heterocycles. The quantitative estimate of drug-likeness (QED) is 0.441. The van der Waals surface area contributed by atoms with Gasteiger partial charge in [-0.3, -0.25) is 0 Å². The van der Waals surface area contributed by atoms with Crippen LogP contribution in [0.2, 0.25) is 0 Å². The highest BCUT2D eigenvalue weighted by atomic mass is 33.5. The zero-order valence-corrected chi connectivity index (χ0v) is 14.3. The molecule has 4 nitrogen and oxygen atoms in total. The van der Waals surface area contributed by atoms with Crippen molar-refractivity contribution < 1.29 is 9.37 Å². The van der Waals surface area contributed by atoms with E-state index in [9.17, 15) is 0 Å². The maximum atomic E-state index is 5.15. The molecule has 0 amide bonds. The van der Waals surface area contributed by atoms with Gasteiger partial charge in [0.05, 0.1) is 7.11 Å². The zero-order valence-electron chi connectivity index (χ0n) is 11.9. The highest BCUT2D eigenvalue weighted by molar-refractivity contribution is 9.09. The molecule has 2 aromatic carbocycles. The minimum atomic E-state index is 0.801. The summed E-state index contributed by atoms with van der Waals surface area (Å²) >= 11 is 0. The summed E-state index contributed by atoms with van der Waals surface area (Å²) in [5.74, 6) is 2.81. The van der Waals surface area contributed by atoms with E-state index in [2.05, 4.69) is 28.5 Å². The molecule has 0 radical (unpaired) electrons. The Labute approximate surface area is 140 Å². The van der Waals surface area contributed by atoms with Gasteiger partial charge in [-0.1, -0.05) is 39.8 Å². The number of hydrogen-bond donors (Lipinski definition) is 0. The van der Waals surface area contributed by atoms with E-state index in [1.807, 2.05) is 45.9 Å². The molecule has 0 saturated heterocycles. The van der Waals surface area contributed by atoms with Crippen molar-refractivity contribution in [2.45, 2.75) is 11.5 Å². The third-order valence-electron chi connectivity index (χ3n) is 3.02. The van der Waals surface area contributed by atoms with Gasteiger partial charge in [-0.2, -0.15) is 0 Å². The summed E-state index contributed by atoms with van der Waals surface area (Å²) in [6, 6.07) is 14.2. The molecule has 0 N–H and O–H groups in total. The van der Waals surface area contributed by atoms with Crippen molar-refractivity contribution in [2.75, 3.05) is 7.11 Å². The second kappa shape index (κ2) is 7.80. The average molecular weight is 350 g/mol. The standard InChI is InChI=1S/C15H14N2O2S3/c1-18-13-5-2-11(3-6-13)9-20-22-21-10-12-4-7-14-15(8-12)17-19-16-14/h2-8H,9-10H2,1H3. The third kappa shape index (κ3) is 4.12. The SMILES string of the molecule is COc1ccc(CSSSCc2ccc3nonc3c2)cc1. The van der Waals surface area contributed by atoms with Crippen molar-refractivity contribution in [1.82, 2.24) is 10.3 Å². The number of fused-ring (bicyclic) bond motifs is 1. The number of hydrogen-bond acceptors (Lipinski definition) is 7. The van der Waals surface area contributed by atoms with Crippen molar-refractivity contribution in [3.8, 4) is 5.75 Å². The predicted molar refractivity (Wildman–Crippen MR) is 95.0 cm³/mol. The lowest BCUT2D eigenvalue weighted by Crippen LogP contribution is -1.83. The topological polar surface area (TPSA) is 48.2 Å². The van der Waals surface area contributed by atoms with Crippen LogP contribution >= 0.6 is 31.4 Å². The summed E-state index contributed by atoms with van der Waals surface area (Å²) in [5.41, 5.74) is 4.14. The fourth-order valence-corrected chi connectivity index (χ4v) is 5.45. The molecule has 0 aliphatic heterocycles. The van der Waals surface area contributed by atoms with Gasteiger partial charge in [0.2, 0.25) is 0 Å². The van der Waals surface area contributed by atoms with Crippen LogP contribution in [0.1, 0.15) is 11.1 Å². The van der Waals surface area contributed by atoms with Gasteiger partial charge < -0.3 is 4.74 Å². The first-order valence-corrected chi connectivity index (χ1v) is 10.4. The molecule has 0 spiro atoms. The maximum Gasteiger partial charge on any atom is 0.135 e.